The molecule has 0 radical (unpaired) electrons. The Bertz CT molecular complexity index is 1670. The molecule has 2 aliphatic rings. The van der Waals surface area contributed by atoms with Crippen LogP contribution in [0.3, 0.4) is 0 Å². The second-order valence-electron chi connectivity index (χ2n) is 10.5. The smallest absolute Gasteiger partial charge is 0.269 e. The molecule has 2 atom stereocenters. The van der Waals surface area contributed by atoms with Gasteiger partial charge in [-0.1, -0.05) is 36.8 Å². The van der Waals surface area contributed by atoms with Crippen LogP contribution in [0.4, 0.5) is 9.52 Å². The van der Waals surface area contributed by atoms with Crippen LogP contribution in [0.5, 0.6) is 17.2 Å². The summed E-state index contributed by atoms with van der Waals surface area (Å²) in [7, 11) is -1.41. The molecule has 12 heteroatoms. The Morgan fingerprint density at radius 1 is 1.05 bits per heavy atom. The maximum absolute atomic E-state index is 16.1. The number of benzene rings is 3. The first-order chi connectivity index (χ1) is 20.9. The number of sulfonamides is 1. The highest BCUT2D eigenvalue weighted by Gasteiger charge is 2.37. The predicted molar refractivity (Wildman–Crippen MR) is 162 cm³/mol. The number of hydrogen-bond donors (Lipinski definition) is 0. The van der Waals surface area contributed by atoms with Gasteiger partial charge < -0.3 is 14.2 Å². The van der Waals surface area contributed by atoms with E-state index >= 15 is 4.39 Å². The summed E-state index contributed by atoms with van der Waals surface area (Å²) in [5, 5.41) is 0.104. The Hall–Kier alpha value is -3.74. The Labute approximate surface area is 255 Å². The van der Waals surface area contributed by atoms with Crippen LogP contribution < -0.4 is 18.5 Å². The van der Waals surface area contributed by atoms with Crippen molar-refractivity contribution in [1.29, 1.82) is 0 Å². The third kappa shape index (κ3) is 5.78. The first-order valence-electron chi connectivity index (χ1n) is 14.2. The molecule has 4 aromatic rings. The van der Waals surface area contributed by atoms with Crippen LogP contribution in [0.25, 0.3) is 0 Å². The third-order valence-electron chi connectivity index (χ3n) is 8.14. The van der Waals surface area contributed by atoms with E-state index in [1.807, 2.05) is 18.2 Å². The lowest BCUT2D eigenvalue weighted by molar-refractivity contribution is 0.0665. The van der Waals surface area contributed by atoms with Gasteiger partial charge in [-0.3, -0.25) is 4.90 Å². The molecule has 2 aliphatic heterocycles. The molecule has 1 fully saturated rings. The van der Waals surface area contributed by atoms with Crippen LogP contribution in [-0.4, -0.2) is 50.0 Å². The Morgan fingerprint density at radius 2 is 1.88 bits per heavy atom. The van der Waals surface area contributed by atoms with Crippen molar-refractivity contribution < 1.29 is 27.0 Å². The highest BCUT2D eigenvalue weighted by Crippen LogP contribution is 2.45. The van der Waals surface area contributed by atoms with E-state index in [4.69, 9.17) is 14.2 Å². The fourth-order valence-electron chi connectivity index (χ4n) is 6.06. The largest absolute Gasteiger partial charge is 0.497 e. The van der Waals surface area contributed by atoms with Gasteiger partial charge in [-0.2, -0.15) is 4.37 Å². The van der Waals surface area contributed by atoms with Crippen molar-refractivity contribution in [2.75, 3.05) is 31.7 Å². The van der Waals surface area contributed by atoms with Crippen molar-refractivity contribution in [3.05, 3.63) is 89.5 Å². The zero-order valence-corrected chi connectivity index (χ0v) is 25.6. The molecule has 0 saturated carbocycles. The van der Waals surface area contributed by atoms with Crippen LogP contribution >= 0.6 is 11.5 Å². The molecule has 3 aromatic carbocycles. The van der Waals surface area contributed by atoms with Crippen molar-refractivity contribution in [3.8, 4) is 17.2 Å². The van der Waals surface area contributed by atoms with Crippen LogP contribution in [0, 0.1) is 5.82 Å². The fraction of sp³-hybridized carbons (Fsp3) is 0.355. The maximum atomic E-state index is 16.1. The monoisotopic (exact) mass is 624 g/mol. The second kappa shape index (κ2) is 12.5. The SMILES string of the molecule is COc1ccc(CN(c2ncns2)S(=O)(=O)c2cc3c(cc2F)C(N2CCCC[C@H]2c2ccccc2)CCO3)c(OC)c1. The summed E-state index contributed by atoms with van der Waals surface area (Å²) in [6.45, 7) is 1.13. The molecule has 226 valence electrons. The third-order valence-corrected chi connectivity index (χ3v) is 10.7. The van der Waals surface area contributed by atoms with Gasteiger partial charge in [0.05, 0.1) is 27.4 Å². The molecule has 43 heavy (non-hydrogen) atoms. The van der Waals surface area contributed by atoms with E-state index in [2.05, 4.69) is 26.4 Å². The number of nitrogens with zero attached hydrogens (tertiary/aromatic N) is 4. The molecular weight excluding hydrogens is 591 g/mol. The van der Waals surface area contributed by atoms with Crippen LogP contribution in [0.2, 0.25) is 0 Å². The van der Waals surface area contributed by atoms with E-state index in [0.29, 0.717) is 41.4 Å². The molecule has 0 bridgehead atoms. The normalized spacial score (nSPS) is 18.9. The van der Waals surface area contributed by atoms with Crippen LogP contribution in [0.15, 0.2) is 71.9 Å². The van der Waals surface area contributed by atoms with Gasteiger partial charge in [0.25, 0.3) is 10.0 Å². The van der Waals surface area contributed by atoms with Crippen LogP contribution in [-0.2, 0) is 16.6 Å². The number of methoxy groups -OCH3 is 2. The number of aromatic nitrogens is 2. The lowest BCUT2D eigenvalue weighted by Crippen LogP contribution is -2.39. The number of piperidine rings is 1. The number of fused-ring (bicyclic) bond motifs is 1. The van der Waals surface area contributed by atoms with Crippen molar-refractivity contribution in [3.63, 3.8) is 0 Å². The van der Waals surface area contributed by atoms with E-state index in [-0.39, 0.29) is 23.8 Å². The minimum atomic E-state index is -4.44. The first-order valence-corrected chi connectivity index (χ1v) is 16.4. The van der Waals surface area contributed by atoms with E-state index in [1.165, 1.54) is 38.2 Å². The van der Waals surface area contributed by atoms with Gasteiger partial charge in [0.15, 0.2) is 0 Å². The number of anilines is 1. The summed E-state index contributed by atoms with van der Waals surface area (Å²) in [4.78, 5) is 6.10. The van der Waals surface area contributed by atoms with E-state index < -0.39 is 20.7 Å². The highest BCUT2D eigenvalue weighted by atomic mass is 32.2. The Kier molecular flexibility index (Phi) is 8.51. The van der Waals surface area contributed by atoms with Crippen molar-refractivity contribution >= 4 is 26.7 Å². The summed E-state index contributed by atoms with van der Waals surface area (Å²) in [5.74, 6) is 0.531. The number of rotatable bonds is 9. The van der Waals surface area contributed by atoms with E-state index in [1.54, 1.807) is 18.2 Å². The topological polar surface area (TPSA) is 94.1 Å². The standard InChI is InChI=1S/C31H33FN4O5S2/c1-39-23-12-11-22(28(16-23)40-2)19-36(31-33-20-34-42-31)43(37,38)30-18-29-24(17-25(30)32)27(13-15-41-29)35-14-7-6-10-26(35)21-8-4-3-5-9-21/h3-5,8-9,11-12,16-18,20,26-27H,6-7,10,13-15,19H2,1-2H3/t26-,27?/m0/s1. The van der Waals surface area contributed by atoms with Crippen molar-refractivity contribution in [2.24, 2.45) is 0 Å². The summed E-state index contributed by atoms with van der Waals surface area (Å²) >= 11 is 0.905. The minimum absolute atomic E-state index is 0.0941. The average Bonchev–Trinajstić information content (AvgIpc) is 3.58. The zero-order valence-electron chi connectivity index (χ0n) is 24.0. The van der Waals surface area contributed by atoms with Gasteiger partial charge in [-0.15, -0.1) is 0 Å². The Balaban J connectivity index is 1.37. The fourth-order valence-corrected chi connectivity index (χ4v) is 8.26. The number of likely N-dealkylation sites (tertiary alicyclic amines) is 1. The average molecular weight is 625 g/mol. The minimum Gasteiger partial charge on any atom is -0.497 e. The predicted octanol–water partition coefficient (Wildman–Crippen LogP) is 6.14. The number of hydrogen-bond acceptors (Lipinski definition) is 9. The molecule has 0 amide bonds. The lowest BCUT2D eigenvalue weighted by atomic mass is 9.89. The molecule has 0 aliphatic carbocycles. The van der Waals surface area contributed by atoms with Crippen molar-refractivity contribution in [2.45, 2.75) is 49.2 Å². The molecule has 9 nitrogen and oxygen atoms in total. The summed E-state index contributed by atoms with van der Waals surface area (Å²) in [6.07, 6.45) is 5.15. The summed E-state index contributed by atoms with van der Waals surface area (Å²) in [6, 6.07) is 18.2. The van der Waals surface area contributed by atoms with Gasteiger partial charge in [0.1, 0.15) is 34.3 Å². The van der Waals surface area contributed by atoms with Crippen LogP contribution in [0.1, 0.15) is 54.5 Å². The lowest BCUT2D eigenvalue weighted by Gasteiger charge is -2.43. The summed E-state index contributed by atoms with van der Waals surface area (Å²) < 4.78 is 66.2. The van der Waals surface area contributed by atoms with Gasteiger partial charge in [-0.05, 0) is 43.1 Å². The van der Waals surface area contributed by atoms with Gasteiger partial charge in [0.2, 0.25) is 5.13 Å². The number of ether oxygens (including phenoxy) is 3. The molecular formula is C31H33FN4O5S2. The molecule has 1 saturated heterocycles. The molecule has 6 rings (SSSR count). The quantitative estimate of drug-likeness (QED) is 0.219. The van der Waals surface area contributed by atoms with Gasteiger partial charge >= 0.3 is 0 Å². The highest BCUT2D eigenvalue weighted by molar-refractivity contribution is 7.93. The van der Waals surface area contributed by atoms with E-state index in [9.17, 15) is 8.42 Å². The van der Waals surface area contributed by atoms with Crippen molar-refractivity contribution in [1.82, 2.24) is 14.3 Å². The van der Waals surface area contributed by atoms with Gasteiger partial charge in [-0.25, -0.2) is 22.1 Å². The molecule has 0 spiro atoms. The summed E-state index contributed by atoms with van der Waals surface area (Å²) in [5.41, 5.74) is 2.45. The first kappa shape index (κ1) is 29.3. The molecule has 1 aromatic heterocycles. The maximum Gasteiger partial charge on any atom is 0.269 e. The Morgan fingerprint density at radius 3 is 2.63 bits per heavy atom. The zero-order chi connectivity index (χ0) is 30.0. The molecule has 0 N–H and O–H groups in total. The van der Waals surface area contributed by atoms with E-state index in [0.717, 1.165) is 41.6 Å². The van der Waals surface area contributed by atoms with Gasteiger partial charge in [0, 0.05) is 53.3 Å². The molecule has 3 heterocycles. The molecule has 1 unspecified atom stereocenters. The number of halogens is 1. The second-order valence-corrected chi connectivity index (χ2v) is 13.1.